The summed E-state index contributed by atoms with van der Waals surface area (Å²) in [6.07, 6.45) is 0. The number of nitrogens with one attached hydrogen (secondary N) is 2. The van der Waals surface area contributed by atoms with Crippen molar-refractivity contribution in [1.29, 1.82) is 0 Å². The van der Waals surface area contributed by atoms with Crippen LogP contribution in [0.5, 0.6) is 0 Å². The Morgan fingerprint density at radius 3 is 2.44 bits per heavy atom. The largest absolute Gasteiger partial charge is 0.363 e. The highest BCUT2D eigenvalue weighted by Gasteiger charge is 2.03. The smallest absolute Gasteiger partial charge is 0.250 e. The van der Waals surface area contributed by atoms with Crippen molar-refractivity contribution in [3.05, 3.63) is 29.8 Å². The van der Waals surface area contributed by atoms with Gasteiger partial charge in [0.05, 0.1) is 0 Å². The van der Waals surface area contributed by atoms with Crippen LogP contribution in [0, 0.1) is 0 Å². The van der Waals surface area contributed by atoms with Gasteiger partial charge in [-0.3, -0.25) is 9.59 Å². The molecule has 1 aromatic rings. The van der Waals surface area contributed by atoms with Crippen molar-refractivity contribution in [2.75, 3.05) is 25.6 Å². The van der Waals surface area contributed by atoms with E-state index in [0.29, 0.717) is 5.69 Å². The van der Waals surface area contributed by atoms with Gasteiger partial charge in [-0.25, -0.2) is 0 Å². The molecule has 2 N–H and O–H groups in total. The van der Waals surface area contributed by atoms with E-state index in [0.717, 1.165) is 12.1 Å². The van der Waals surface area contributed by atoms with Crippen molar-refractivity contribution in [2.24, 2.45) is 0 Å². The van der Waals surface area contributed by atoms with Crippen molar-refractivity contribution in [2.45, 2.75) is 6.54 Å². The standard InChI is InChI=1S/C12H17N2O3P/c1-13-6-9-2-4-10(5-3-9)14-11(15)7-17-8-12(16)18/h2-5,13H,6-8,18H2,1H3,(H,14,15). The van der Waals surface area contributed by atoms with Crippen molar-refractivity contribution >= 4 is 26.4 Å². The van der Waals surface area contributed by atoms with Gasteiger partial charge in [0.2, 0.25) is 5.91 Å². The summed E-state index contributed by atoms with van der Waals surface area (Å²) in [5.41, 5.74) is 1.67. The van der Waals surface area contributed by atoms with Gasteiger partial charge in [-0.1, -0.05) is 21.4 Å². The molecule has 0 aliphatic heterocycles. The first kappa shape index (κ1) is 14.8. The van der Waals surface area contributed by atoms with E-state index in [1.54, 1.807) is 0 Å². The summed E-state index contributed by atoms with van der Waals surface area (Å²) in [4.78, 5) is 22.0. The molecule has 5 nitrogen and oxygen atoms in total. The van der Waals surface area contributed by atoms with Gasteiger partial charge in [0.1, 0.15) is 13.2 Å². The first-order valence-corrected chi connectivity index (χ1v) is 6.09. The van der Waals surface area contributed by atoms with Crippen LogP contribution in [0.2, 0.25) is 0 Å². The summed E-state index contributed by atoms with van der Waals surface area (Å²) in [6.45, 7) is 0.589. The molecule has 0 saturated heterocycles. The number of carbonyl (C=O) groups excluding carboxylic acids is 2. The van der Waals surface area contributed by atoms with E-state index < -0.39 is 0 Å². The maximum atomic E-state index is 11.4. The zero-order valence-electron chi connectivity index (χ0n) is 10.2. The summed E-state index contributed by atoms with van der Waals surface area (Å²) >= 11 is 0. The zero-order valence-corrected chi connectivity index (χ0v) is 11.4. The van der Waals surface area contributed by atoms with Gasteiger partial charge >= 0.3 is 0 Å². The average Bonchev–Trinajstić information content (AvgIpc) is 2.31. The molecule has 0 bridgehead atoms. The summed E-state index contributed by atoms with van der Waals surface area (Å²) in [5.74, 6) is -0.275. The number of rotatable bonds is 7. The minimum absolute atomic E-state index is 0.0702. The Bertz CT molecular complexity index is 406. The Balaban J connectivity index is 2.37. The SMILES string of the molecule is CNCc1ccc(NC(=O)COCC(=O)P)cc1. The second-order valence-corrected chi connectivity index (χ2v) is 4.38. The van der Waals surface area contributed by atoms with Crippen molar-refractivity contribution in [3.8, 4) is 0 Å². The Morgan fingerprint density at radius 1 is 1.22 bits per heavy atom. The summed E-state index contributed by atoms with van der Waals surface area (Å²) in [7, 11) is 3.87. The lowest BCUT2D eigenvalue weighted by atomic mass is 10.2. The Kier molecular flexibility index (Phi) is 6.50. The fourth-order valence-electron chi connectivity index (χ4n) is 1.35. The van der Waals surface area contributed by atoms with Crippen LogP contribution in [0.1, 0.15) is 5.56 Å². The fraction of sp³-hybridized carbons (Fsp3) is 0.333. The number of hydrogen-bond acceptors (Lipinski definition) is 4. The molecule has 0 radical (unpaired) electrons. The molecule has 1 rings (SSSR count). The van der Waals surface area contributed by atoms with Crippen LogP contribution in [0.15, 0.2) is 24.3 Å². The first-order valence-electron chi connectivity index (χ1n) is 5.51. The van der Waals surface area contributed by atoms with Crippen molar-refractivity contribution in [1.82, 2.24) is 5.32 Å². The van der Waals surface area contributed by atoms with E-state index in [1.807, 2.05) is 40.6 Å². The van der Waals surface area contributed by atoms with E-state index in [9.17, 15) is 9.59 Å². The fourth-order valence-corrected chi connectivity index (χ4v) is 1.47. The van der Waals surface area contributed by atoms with Crippen LogP contribution < -0.4 is 10.6 Å². The van der Waals surface area contributed by atoms with Gasteiger partial charge in [-0.05, 0) is 24.7 Å². The molecule has 0 fully saturated rings. The molecule has 1 atom stereocenters. The minimum atomic E-state index is -0.275. The Morgan fingerprint density at radius 2 is 1.89 bits per heavy atom. The highest BCUT2D eigenvalue weighted by molar-refractivity contribution is 7.40. The van der Waals surface area contributed by atoms with Crippen LogP contribution in [0.3, 0.4) is 0 Å². The quantitative estimate of drug-likeness (QED) is 0.717. The number of amides is 1. The average molecular weight is 268 g/mol. The predicted molar refractivity (Wildman–Crippen MR) is 73.4 cm³/mol. The molecule has 18 heavy (non-hydrogen) atoms. The van der Waals surface area contributed by atoms with E-state index in [2.05, 4.69) is 10.6 Å². The number of hydrogen-bond donors (Lipinski definition) is 2. The molecule has 98 valence electrons. The lowest BCUT2D eigenvalue weighted by Gasteiger charge is -2.06. The second-order valence-electron chi connectivity index (χ2n) is 3.73. The normalized spacial score (nSPS) is 10.1. The molecule has 0 aliphatic rings. The van der Waals surface area contributed by atoms with Gasteiger partial charge in [0.25, 0.3) is 0 Å². The third kappa shape index (κ3) is 5.87. The molecule has 0 saturated carbocycles. The highest BCUT2D eigenvalue weighted by Crippen LogP contribution is 2.09. The Hall–Kier alpha value is -1.29. The van der Waals surface area contributed by atoms with Crippen LogP contribution in [0.4, 0.5) is 5.69 Å². The van der Waals surface area contributed by atoms with Gasteiger partial charge in [-0.15, -0.1) is 0 Å². The summed E-state index contributed by atoms with van der Waals surface area (Å²) in [6, 6.07) is 7.51. The zero-order chi connectivity index (χ0) is 13.4. The Labute approximate surface area is 108 Å². The first-order chi connectivity index (χ1) is 8.61. The molecular weight excluding hydrogens is 251 g/mol. The predicted octanol–water partition coefficient (Wildman–Crippen LogP) is 0.763. The van der Waals surface area contributed by atoms with Crippen LogP contribution >= 0.6 is 9.24 Å². The molecule has 0 heterocycles. The number of benzene rings is 1. The maximum absolute atomic E-state index is 11.4. The molecular formula is C12H17N2O3P. The highest BCUT2D eigenvalue weighted by atomic mass is 31.0. The van der Waals surface area contributed by atoms with E-state index >= 15 is 0 Å². The molecule has 1 amide bonds. The van der Waals surface area contributed by atoms with Crippen molar-refractivity contribution in [3.63, 3.8) is 0 Å². The van der Waals surface area contributed by atoms with Crippen LogP contribution in [-0.4, -0.2) is 31.7 Å². The van der Waals surface area contributed by atoms with Crippen LogP contribution in [0.25, 0.3) is 0 Å². The molecule has 1 aromatic carbocycles. The molecule has 0 spiro atoms. The van der Waals surface area contributed by atoms with Gasteiger partial charge in [-0.2, -0.15) is 0 Å². The molecule has 0 aromatic heterocycles. The van der Waals surface area contributed by atoms with E-state index in [1.165, 1.54) is 0 Å². The number of anilines is 1. The monoisotopic (exact) mass is 268 g/mol. The third-order valence-corrected chi connectivity index (χ3v) is 2.26. The lowest BCUT2D eigenvalue weighted by Crippen LogP contribution is -2.19. The molecule has 0 aliphatic carbocycles. The second kappa shape index (κ2) is 7.93. The van der Waals surface area contributed by atoms with Crippen molar-refractivity contribution < 1.29 is 14.3 Å². The summed E-state index contributed by atoms with van der Waals surface area (Å²) in [5, 5.41) is 5.72. The van der Waals surface area contributed by atoms with Gasteiger partial charge < -0.3 is 15.4 Å². The van der Waals surface area contributed by atoms with Crippen LogP contribution in [-0.2, 0) is 20.9 Å². The van der Waals surface area contributed by atoms with E-state index in [4.69, 9.17) is 4.74 Å². The molecule has 6 heteroatoms. The number of ether oxygens (including phenoxy) is 1. The maximum Gasteiger partial charge on any atom is 0.250 e. The minimum Gasteiger partial charge on any atom is -0.363 e. The molecule has 1 unspecified atom stereocenters. The van der Waals surface area contributed by atoms with Gasteiger partial charge in [0, 0.05) is 12.2 Å². The third-order valence-electron chi connectivity index (χ3n) is 2.10. The van der Waals surface area contributed by atoms with Gasteiger partial charge in [0.15, 0.2) is 5.52 Å². The lowest BCUT2D eigenvalue weighted by molar-refractivity contribution is -0.123. The number of carbonyl (C=O) groups is 2. The topological polar surface area (TPSA) is 67.4 Å². The van der Waals surface area contributed by atoms with E-state index in [-0.39, 0.29) is 24.6 Å². The summed E-state index contributed by atoms with van der Waals surface area (Å²) < 4.78 is 4.90.